The zero-order chi connectivity index (χ0) is 7.84. The summed E-state index contributed by atoms with van der Waals surface area (Å²) in [6, 6.07) is 3.98. The van der Waals surface area contributed by atoms with E-state index in [1.165, 1.54) is 0 Å². The fourth-order valence-corrected chi connectivity index (χ4v) is 1.70. The van der Waals surface area contributed by atoms with E-state index in [2.05, 4.69) is 33.2 Å². The molecule has 0 radical (unpaired) electrons. The summed E-state index contributed by atoms with van der Waals surface area (Å²) in [7, 11) is 0. The third-order valence-corrected chi connectivity index (χ3v) is 3.14. The topological polar surface area (TPSA) is 24.1 Å². The van der Waals surface area contributed by atoms with E-state index in [0.29, 0.717) is 0 Å². The van der Waals surface area contributed by atoms with Crippen LogP contribution in [0.3, 0.4) is 0 Å². The molecular weight excluding hydrogens is 274 g/mol. The van der Waals surface area contributed by atoms with Crippen molar-refractivity contribution in [2.24, 2.45) is 0 Å². The minimum absolute atomic E-state index is 0.797. The number of nitrogens with one attached hydrogen (secondary N) is 2. The van der Waals surface area contributed by atoms with Crippen molar-refractivity contribution in [3.63, 3.8) is 0 Å². The van der Waals surface area contributed by atoms with Gasteiger partial charge in [0.25, 0.3) is 0 Å². The lowest BCUT2D eigenvalue weighted by molar-refractivity contribution is 1.31. The van der Waals surface area contributed by atoms with Crippen LogP contribution in [0.5, 0.6) is 0 Å². The molecule has 0 atom stereocenters. The number of hydrogen-bond donors (Lipinski definition) is 2. The average Bonchev–Trinajstić information content (AvgIpc) is 2.36. The molecule has 0 spiro atoms. The molecule has 1 aromatic rings. The molecule has 1 aliphatic heterocycles. The van der Waals surface area contributed by atoms with Gasteiger partial charge in [-0.25, -0.2) is 0 Å². The first-order valence-electron chi connectivity index (χ1n) is 3.24. The van der Waals surface area contributed by atoms with Crippen molar-refractivity contribution >= 4 is 45.6 Å². The summed E-state index contributed by atoms with van der Waals surface area (Å²) in [6.07, 6.45) is 0. The molecule has 1 aliphatic rings. The van der Waals surface area contributed by atoms with Gasteiger partial charge in [0, 0.05) is 3.57 Å². The molecule has 11 heavy (non-hydrogen) atoms. The first-order chi connectivity index (χ1) is 5.27. The molecule has 4 heteroatoms. The van der Waals surface area contributed by atoms with Crippen LogP contribution in [0.25, 0.3) is 0 Å². The Bertz CT molecular complexity index is 272. The first-order valence-corrected chi connectivity index (χ1v) is 4.70. The minimum Gasteiger partial charge on any atom is -0.366 e. The lowest BCUT2D eigenvalue weighted by atomic mass is 10.3. The first kappa shape index (κ1) is 7.49. The highest BCUT2D eigenvalue weighted by molar-refractivity contribution is 14.1. The van der Waals surface area contributed by atoms with Crippen LogP contribution < -0.4 is 10.6 Å². The minimum atomic E-state index is 0.797. The van der Waals surface area contributed by atoms with Crippen LogP contribution in [0.1, 0.15) is 0 Å². The van der Waals surface area contributed by atoms with Crippen LogP contribution in [0.4, 0.5) is 11.4 Å². The molecule has 58 valence electrons. The number of benzene rings is 1. The maximum atomic E-state index is 5.92. The molecule has 0 unspecified atom stereocenters. The number of hydrogen-bond acceptors (Lipinski definition) is 2. The lowest BCUT2D eigenvalue weighted by Crippen LogP contribution is -1.98. The SMILES string of the molecule is Clc1cc2c(cc1I)NCN2. The fourth-order valence-electron chi connectivity index (χ4n) is 1.07. The van der Waals surface area contributed by atoms with Crippen molar-refractivity contribution in [2.45, 2.75) is 0 Å². The average molecular weight is 280 g/mol. The summed E-state index contributed by atoms with van der Waals surface area (Å²) < 4.78 is 1.08. The monoisotopic (exact) mass is 280 g/mol. The van der Waals surface area contributed by atoms with Crippen LogP contribution in [0.2, 0.25) is 5.02 Å². The van der Waals surface area contributed by atoms with Crippen molar-refractivity contribution in [3.05, 3.63) is 20.7 Å². The summed E-state index contributed by atoms with van der Waals surface area (Å²) in [5.74, 6) is 0. The lowest BCUT2D eigenvalue weighted by Gasteiger charge is -2.00. The molecule has 1 aromatic carbocycles. The molecule has 0 bridgehead atoms. The Labute approximate surface area is 83.5 Å². The zero-order valence-electron chi connectivity index (χ0n) is 5.62. The van der Waals surface area contributed by atoms with Crippen LogP contribution in [-0.4, -0.2) is 6.67 Å². The van der Waals surface area contributed by atoms with E-state index in [1.54, 1.807) is 0 Å². The third-order valence-electron chi connectivity index (χ3n) is 1.62. The van der Waals surface area contributed by atoms with Gasteiger partial charge in [0.2, 0.25) is 0 Å². The van der Waals surface area contributed by atoms with Gasteiger partial charge in [-0.15, -0.1) is 0 Å². The molecule has 0 aliphatic carbocycles. The van der Waals surface area contributed by atoms with Crippen molar-refractivity contribution in [2.75, 3.05) is 17.3 Å². The molecule has 0 saturated heterocycles. The number of halogens is 2. The van der Waals surface area contributed by atoms with Crippen molar-refractivity contribution < 1.29 is 0 Å². The summed E-state index contributed by atoms with van der Waals surface area (Å²) in [5, 5.41) is 7.17. The van der Waals surface area contributed by atoms with Gasteiger partial charge in [-0.2, -0.15) is 0 Å². The standard InChI is InChI=1S/C7H6ClIN2/c8-4-1-6-7(2-5(4)9)11-3-10-6/h1-2,10-11H,3H2. The molecule has 2 N–H and O–H groups in total. The molecule has 0 saturated carbocycles. The normalized spacial score (nSPS) is 13.6. The highest BCUT2D eigenvalue weighted by Crippen LogP contribution is 2.32. The molecule has 1 heterocycles. The molecule has 0 fully saturated rings. The Balaban J connectivity index is 2.57. The Morgan fingerprint density at radius 3 is 2.64 bits per heavy atom. The highest BCUT2D eigenvalue weighted by atomic mass is 127. The second kappa shape index (κ2) is 2.71. The van der Waals surface area contributed by atoms with Gasteiger partial charge in [0.05, 0.1) is 23.1 Å². The highest BCUT2D eigenvalue weighted by Gasteiger charge is 2.10. The molecule has 0 amide bonds. The van der Waals surface area contributed by atoms with E-state index in [4.69, 9.17) is 11.6 Å². The van der Waals surface area contributed by atoms with Gasteiger partial charge in [-0.3, -0.25) is 0 Å². The number of fused-ring (bicyclic) bond motifs is 1. The summed E-state index contributed by atoms with van der Waals surface area (Å²) >= 11 is 8.14. The zero-order valence-corrected chi connectivity index (χ0v) is 8.53. The van der Waals surface area contributed by atoms with Crippen LogP contribution in [0, 0.1) is 3.57 Å². The van der Waals surface area contributed by atoms with E-state index in [1.807, 2.05) is 12.1 Å². The molecule has 0 aromatic heterocycles. The second-order valence-electron chi connectivity index (χ2n) is 2.34. The van der Waals surface area contributed by atoms with Crippen molar-refractivity contribution in [1.29, 1.82) is 0 Å². The Kier molecular flexibility index (Phi) is 1.85. The number of rotatable bonds is 0. The Hall–Kier alpha value is -0.160. The third kappa shape index (κ3) is 1.27. The Morgan fingerprint density at radius 1 is 1.27 bits per heavy atom. The maximum absolute atomic E-state index is 5.92. The largest absolute Gasteiger partial charge is 0.366 e. The van der Waals surface area contributed by atoms with E-state index in [9.17, 15) is 0 Å². The molecular formula is C7H6ClIN2. The second-order valence-corrected chi connectivity index (χ2v) is 3.91. The Morgan fingerprint density at radius 2 is 1.91 bits per heavy atom. The van der Waals surface area contributed by atoms with Crippen LogP contribution >= 0.6 is 34.2 Å². The van der Waals surface area contributed by atoms with E-state index < -0.39 is 0 Å². The van der Waals surface area contributed by atoms with Crippen LogP contribution in [-0.2, 0) is 0 Å². The molecule has 2 rings (SSSR count). The van der Waals surface area contributed by atoms with Crippen molar-refractivity contribution in [1.82, 2.24) is 0 Å². The molecule has 2 nitrogen and oxygen atoms in total. The van der Waals surface area contributed by atoms with Gasteiger partial charge in [-0.1, -0.05) is 11.6 Å². The smallest absolute Gasteiger partial charge is 0.0850 e. The van der Waals surface area contributed by atoms with Crippen molar-refractivity contribution in [3.8, 4) is 0 Å². The van der Waals surface area contributed by atoms with E-state index in [-0.39, 0.29) is 0 Å². The summed E-state index contributed by atoms with van der Waals surface area (Å²) in [4.78, 5) is 0. The summed E-state index contributed by atoms with van der Waals surface area (Å²) in [6.45, 7) is 0.797. The predicted molar refractivity (Wildman–Crippen MR) is 56.3 cm³/mol. The van der Waals surface area contributed by atoms with E-state index in [0.717, 1.165) is 26.6 Å². The fraction of sp³-hybridized carbons (Fsp3) is 0.143. The predicted octanol–water partition coefficient (Wildman–Crippen LogP) is 2.74. The van der Waals surface area contributed by atoms with Gasteiger partial charge in [0.15, 0.2) is 0 Å². The summed E-state index contributed by atoms with van der Waals surface area (Å²) in [5.41, 5.74) is 2.23. The van der Waals surface area contributed by atoms with Crippen LogP contribution in [0.15, 0.2) is 12.1 Å². The van der Waals surface area contributed by atoms with Gasteiger partial charge in [-0.05, 0) is 34.7 Å². The van der Waals surface area contributed by atoms with Gasteiger partial charge < -0.3 is 10.6 Å². The quantitative estimate of drug-likeness (QED) is 0.714. The number of anilines is 2. The van der Waals surface area contributed by atoms with Gasteiger partial charge >= 0.3 is 0 Å². The maximum Gasteiger partial charge on any atom is 0.0850 e. The van der Waals surface area contributed by atoms with Gasteiger partial charge in [0.1, 0.15) is 0 Å². The van der Waals surface area contributed by atoms with E-state index >= 15 is 0 Å².